The highest BCUT2D eigenvalue weighted by molar-refractivity contribution is 5.82. The van der Waals surface area contributed by atoms with E-state index in [2.05, 4.69) is 29.4 Å². The first-order valence-corrected chi connectivity index (χ1v) is 13.6. The quantitative estimate of drug-likeness (QED) is 0.583. The highest BCUT2D eigenvalue weighted by Crippen LogP contribution is 2.68. The number of rotatable bonds is 5. The SMILES string of the molecule is CC.COCC12CCC(C)CC1CCC1C3CCC(C(=O)Cn4nnnc4C)C3(C)CCC12. The van der Waals surface area contributed by atoms with E-state index in [-0.39, 0.29) is 11.3 Å². The van der Waals surface area contributed by atoms with Gasteiger partial charge in [0.1, 0.15) is 12.4 Å². The van der Waals surface area contributed by atoms with Crippen LogP contribution in [0.1, 0.15) is 91.3 Å². The van der Waals surface area contributed by atoms with Crippen LogP contribution in [-0.4, -0.2) is 39.7 Å². The van der Waals surface area contributed by atoms with Crippen LogP contribution in [0.15, 0.2) is 0 Å². The third-order valence-corrected chi connectivity index (χ3v) is 10.4. The summed E-state index contributed by atoms with van der Waals surface area (Å²) in [6, 6.07) is 0. The third-order valence-electron chi connectivity index (χ3n) is 10.4. The molecule has 0 saturated heterocycles. The van der Waals surface area contributed by atoms with Gasteiger partial charge in [0, 0.05) is 13.0 Å². The smallest absolute Gasteiger partial charge is 0.158 e. The molecule has 0 amide bonds. The van der Waals surface area contributed by atoms with Gasteiger partial charge in [-0.25, -0.2) is 4.68 Å². The lowest BCUT2D eigenvalue weighted by molar-refractivity contribution is -0.154. The van der Waals surface area contributed by atoms with E-state index in [9.17, 15) is 4.79 Å². The average molecular weight is 459 g/mol. The summed E-state index contributed by atoms with van der Waals surface area (Å²) in [5.41, 5.74) is 0.528. The maximum atomic E-state index is 13.4. The van der Waals surface area contributed by atoms with Crippen LogP contribution < -0.4 is 0 Å². The van der Waals surface area contributed by atoms with Crippen molar-refractivity contribution in [2.75, 3.05) is 13.7 Å². The van der Waals surface area contributed by atoms with Gasteiger partial charge in [-0.05, 0) is 109 Å². The predicted octanol–water partition coefficient (Wildman–Crippen LogP) is 5.50. The molecular formula is C27H46N4O2. The molecule has 4 fully saturated rings. The second-order valence-electron chi connectivity index (χ2n) is 11.7. The number of Topliss-reactive ketones (excluding diaryl/α,β-unsaturated/α-hetero) is 1. The summed E-state index contributed by atoms with van der Waals surface area (Å²) >= 11 is 0. The Morgan fingerprint density at radius 3 is 2.58 bits per heavy atom. The molecular weight excluding hydrogens is 412 g/mol. The fourth-order valence-electron chi connectivity index (χ4n) is 9.00. The number of hydrogen-bond donors (Lipinski definition) is 0. The van der Waals surface area contributed by atoms with Crippen molar-refractivity contribution in [2.24, 2.45) is 46.3 Å². The predicted molar refractivity (Wildman–Crippen MR) is 129 cm³/mol. The number of carbonyl (C=O) groups is 1. The second kappa shape index (κ2) is 9.75. The zero-order valence-corrected chi connectivity index (χ0v) is 21.8. The van der Waals surface area contributed by atoms with Crippen molar-refractivity contribution < 1.29 is 9.53 Å². The number of hydrogen-bond acceptors (Lipinski definition) is 5. The van der Waals surface area contributed by atoms with Gasteiger partial charge in [-0.2, -0.15) is 0 Å². The molecule has 0 spiro atoms. The van der Waals surface area contributed by atoms with Crippen molar-refractivity contribution >= 4 is 5.78 Å². The first-order chi connectivity index (χ1) is 15.9. The van der Waals surface area contributed by atoms with E-state index in [4.69, 9.17) is 4.74 Å². The largest absolute Gasteiger partial charge is 0.384 e. The molecule has 33 heavy (non-hydrogen) atoms. The van der Waals surface area contributed by atoms with E-state index in [0.717, 1.165) is 42.5 Å². The Hall–Kier alpha value is -1.30. The first kappa shape index (κ1) is 24.8. The molecule has 4 aliphatic rings. The van der Waals surface area contributed by atoms with Crippen LogP contribution in [-0.2, 0) is 16.1 Å². The van der Waals surface area contributed by atoms with Crippen LogP contribution in [0.5, 0.6) is 0 Å². The van der Waals surface area contributed by atoms with Gasteiger partial charge in [-0.15, -0.1) is 5.10 Å². The summed E-state index contributed by atoms with van der Waals surface area (Å²) in [6.45, 7) is 12.0. The summed E-state index contributed by atoms with van der Waals surface area (Å²) in [7, 11) is 1.91. The van der Waals surface area contributed by atoms with Crippen LogP contribution in [0.4, 0.5) is 0 Å². The van der Waals surface area contributed by atoms with Crippen LogP contribution in [0.3, 0.4) is 0 Å². The van der Waals surface area contributed by atoms with E-state index in [1.54, 1.807) is 4.68 Å². The fourth-order valence-corrected chi connectivity index (χ4v) is 9.00. The molecule has 1 aromatic rings. The number of aromatic nitrogens is 4. The summed E-state index contributed by atoms with van der Waals surface area (Å²) in [6.07, 6.45) is 11.5. The summed E-state index contributed by atoms with van der Waals surface area (Å²) in [5, 5.41) is 11.7. The zero-order chi connectivity index (χ0) is 23.8. The number of carbonyl (C=O) groups excluding carboxylic acids is 1. The zero-order valence-electron chi connectivity index (χ0n) is 21.8. The van der Waals surface area contributed by atoms with Crippen molar-refractivity contribution in [3.05, 3.63) is 5.82 Å². The summed E-state index contributed by atoms with van der Waals surface area (Å²) in [5.74, 6) is 5.16. The molecule has 1 heterocycles. The maximum Gasteiger partial charge on any atom is 0.158 e. The van der Waals surface area contributed by atoms with Gasteiger partial charge >= 0.3 is 0 Å². The number of fused-ring (bicyclic) bond motifs is 5. The molecule has 0 radical (unpaired) electrons. The van der Waals surface area contributed by atoms with Crippen molar-refractivity contribution in [3.63, 3.8) is 0 Å². The Kier molecular flexibility index (Phi) is 7.33. The van der Waals surface area contributed by atoms with Gasteiger partial charge in [0.2, 0.25) is 0 Å². The van der Waals surface area contributed by atoms with Gasteiger partial charge in [0.05, 0.1) is 6.61 Å². The number of ether oxygens (including phenoxy) is 1. The van der Waals surface area contributed by atoms with Crippen molar-refractivity contribution in [2.45, 2.75) is 99.0 Å². The number of aryl methyl sites for hydroxylation is 1. The molecule has 0 aliphatic heterocycles. The molecule has 0 bridgehead atoms. The maximum absolute atomic E-state index is 13.4. The molecule has 4 aliphatic carbocycles. The number of ketones is 1. The topological polar surface area (TPSA) is 69.9 Å². The summed E-state index contributed by atoms with van der Waals surface area (Å²) < 4.78 is 7.59. The Balaban J connectivity index is 0.00000126. The number of methoxy groups -OCH3 is 1. The normalized spacial score (nSPS) is 41.9. The van der Waals surface area contributed by atoms with Crippen LogP contribution in [0, 0.1) is 53.3 Å². The minimum absolute atomic E-state index is 0.142. The van der Waals surface area contributed by atoms with E-state index in [1.165, 1.54) is 51.4 Å². The van der Waals surface area contributed by atoms with Crippen molar-refractivity contribution in [3.8, 4) is 0 Å². The fraction of sp³-hybridized carbons (Fsp3) is 0.926. The Bertz CT molecular complexity index is 825. The van der Waals surface area contributed by atoms with Gasteiger partial charge in [0.15, 0.2) is 5.78 Å². The first-order valence-electron chi connectivity index (χ1n) is 13.6. The Labute approximate surface area is 200 Å². The lowest BCUT2D eigenvalue weighted by Gasteiger charge is -2.61. The van der Waals surface area contributed by atoms with Gasteiger partial charge in [-0.1, -0.05) is 34.1 Å². The summed E-state index contributed by atoms with van der Waals surface area (Å²) in [4.78, 5) is 13.4. The standard InChI is InChI=1S/C25H40N4O2.C2H6/c1-16-9-12-25(15-31-4)18(13-16)5-6-19-20-7-8-22(24(20,3)11-10-21(19)25)23(30)14-29-17(2)26-27-28-29;1-2/h16,18-22H,5-15H2,1-4H3;1-2H3. The third kappa shape index (κ3) is 4.08. The van der Waals surface area contributed by atoms with Gasteiger partial charge in [-0.3, -0.25) is 4.79 Å². The Morgan fingerprint density at radius 2 is 1.88 bits per heavy atom. The van der Waals surface area contributed by atoms with E-state index in [0.29, 0.717) is 23.7 Å². The van der Waals surface area contributed by atoms with Gasteiger partial charge in [0.25, 0.3) is 0 Å². The second-order valence-corrected chi connectivity index (χ2v) is 11.7. The molecule has 4 saturated carbocycles. The lowest BCUT2D eigenvalue weighted by atomic mass is 9.44. The molecule has 0 aromatic carbocycles. The molecule has 0 N–H and O–H groups in total. The van der Waals surface area contributed by atoms with Crippen molar-refractivity contribution in [1.29, 1.82) is 0 Å². The monoisotopic (exact) mass is 458 g/mol. The Morgan fingerprint density at radius 1 is 1.09 bits per heavy atom. The molecule has 5 rings (SSSR count). The average Bonchev–Trinajstić information content (AvgIpc) is 3.38. The molecule has 6 nitrogen and oxygen atoms in total. The van der Waals surface area contributed by atoms with Crippen molar-refractivity contribution in [1.82, 2.24) is 20.2 Å². The molecule has 6 heteroatoms. The molecule has 186 valence electrons. The van der Waals surface area contributed by atoms with Crippen LogP contribution in [0.2, 0.25) is 0 Å². The van der Waals surface area contributed by atoms with Gasteiger partial charge < -0.3 is 4.74 Å². The minimum Gasteiger partial charge on any atom is -0.384 e. The molecule has 8 atom stereocenters. The van der Waals surface area contributed by atoms with E-state index < -0.39 is 0 Å². The van der Waals surface area contributed by atoms with E-state index >= 15 is 0 Å². The molecule has 8 unspecified atom stereocenters. The van der Waals surface area contributed by atoms with E-state index in [1.807, 2.05) is 27.9 Å². The number of tetrazole rings is 1. The lowest BCUT2D eigenvalue weighted by Crippen LogP contribution is -2.56. The van der Waals surface area contributed by atoms with Crippen LogP contribution >= 0.6 is 0 Å². The molecule has 1 aromatic heterocycles. The highest BCUT2D eigenvalue weighted by atomic mass is 16.5. The number of nitrogens with zero attached hydrogens (tertiary/aromatic N) is 4. The highest BCUT2D eigenvalue weighted by Gasteiger charge is 2.62. The van der Waals surface area contributed by atoms with Crippen LogP contribution in [0.25, 0.3) is 0 Å². The minimum atomic E-state index is 0.142.